The molecule has 0 radical (unpaired) electrons. The second kappa shape index (κ2) is 14.1. The monoisotopic (exact) mass is 740 g/mol. The van der Waals surface area contributed by atoms with Crippen LogP contribution in [0.2, 0.25) is 0 Å². The van der Waals surface area contributed by atoms with Crippen molar-refractivity contribution in [3.8, 4) is 62.4 Å². The van der Waals surface area contributed by atoms with Crippen LogP contribution in [0.1, 0.15) is 52.7 Å². The first-order valence-electron chi connectivity index (χ1n) is 19.5. The van der Waals surface area contributed by atoms with Gasteiger partial charge in [0.1, 0.15) is 11.4 Å². The van der Waals surface area contributed by atoms with Crippen molar-refractivity contribution in [1.82, 2.24) is 29.5 Å². The summed E-state index contributed by atoms with van der Waals surface area (Å²) in [5.74, 6) is 1.51. The van der Waals surface area contributed by atoms with E-state index in [1.165, 1.54) is 21.9 Å². The maximum atomic E-state index is 5.11. The maximum Gasteiger partial charge on any atom is 0.182 e. The fourth-order valence-electron chi connectivity index (χ4n) is 7.60. The number of nitrogens with zero attached hydrogens (tertiary/aromatic N) is 6. The summed E-state index contributed by atoms with van der Waals surface area (Å²) in [5, 5.41) is 2.48. The Labute approximate surface area is 334 Å². The zero-order valence-corrected chi connectivity index (χ0v) is 33.2. The van der Waals surface area contributed by atoms with Crippen molar-refractivity contribution in [2.45, 2.75) is 52.4 Å². The zero-order chi connectivity index (χ0) is 39.3. The Morgan fingerprint density at radius 2 is 0.825 bits per heavy atom. The van der Waals surface area contributed by atoms with Crippen molar-refractivity contribution in [1.29, 1.82) is 0 Å². The van der Waals surface area contributed by atoms with Crippen molar-refractivity contribution in [2.24, 2.45) is 0 Å². The van der Waals surface area contributed by atoms with E-state index < -0.39 is 0 Å². The molecule has 6 heteroatoms. The molecular weight excluding hydrogens is 697 g/mol. The molecule has 0 aliphatic carbocycles. The lowest BCUT2D eigenvalue weighted by Gasteiger charge is -2.22. The Balaban J connectivity index is 1.41. The predicted molar refractivity (Wildman–Crippen MR) is 234 cm³/mol. The lowest BCUT2D eigenvalue weighted by atomic mass is 9.85. The van der Waals surface area contributed by atoms with Gasteiger partial charge in [-0.1, -0.05) is 126 Å². The minimum absolute atomic E-state index is 0.0108. The van der Waals surface area contributed by atoms with Crippen LogP contribution in [0.25, 0.3) is 84.2 Å². The first-order chi connectivity index (χ1) is 27.5. The van der Waals surface area contributed by atoms with Crippen LogP contribution in [0, 0.1) is 0 Å². The molecule has 0 aliphatic heterocycles. The molecule has 0 bridgehead atoms. The summed E-state index contributed by atoms with van der Waals surface area (Å²) >= 11 is 0. The number of benzene rings is 5. The molecule has 0 atom stereocenters. The van der Waals surface area contributed by atoms with E-state index in [-0.39, 0.29) is 10.8 Å². The lowest BCUT2D eigenvalue weighted by molar-refractivity contribution is 0.590. The number of fused-ring (bicyclic) bond motifs is 3. The molecular formula is C51H44N6. The molecule has 6 nitrogen and oxygen atoms in total. The van der Waals surface area contributed by atoms with Crippen LogP contribution < -0.4 is 0 Å². The van der Waals surface area contributed by atoms with Gasteiger partial charge in [-0.25, -0.2) is 15.0 Å². The van der Waals surface area contributed by atoms with Gasteiger partial charge in [0.15, 0.2) is 17.5 Å². The van der Waals surface area contributed by atoms with Crippen LogP contribution >= 0.6 is 0 Å². The molecule has 0 saturated heterocycles. The molecule has 0 saturated carbocycles. The van der Waals surface area contributed by atoms with Crippen molar-refractivity contribution in [3.63, 3.8) is 0 Å². The molecule has 0 amide bonds. The smallest absolute Gasteiger partial charge is 0.182 e. The standard InChI is InChI=1S/C51H44N6/c1-50(2,3)36-23-25-44-40(31-36)41-32-37(51(4,5)6)24-26-45(41)57(44)46-38(33-17-9-7-10-18-33)29-35(30-39(46)34-19-11-8-12-20-34)47-54-48(42-21-13-15-27-52-42)56-49(55-47)43-22-14-16-28-53-43/h7-32H,1-6H3. The summed E-state index contributed by atoms with van der Waals surface area (Å²) in [4.78, 5) is 24.3. The van der Waals surface area contributed by atoms with Crippen LogP contribution in [0.3, 0.4) is 0 Å². The highest BCUT2D eigenvalue weighted by atomic mass is 15.1. The molecule has 278 valence electrons. The van der Waals surface area contributed by atoms with E-state index in [1.54, 1.807) is 12.4 Å². The van der Waals surface area contributed by atoms with E-state index in [4.69, 9.17) is 15.0 Å². The fraction of sp³-hybridized carbons (Fsp3) is 0.157. The molecule has 57 heavy (non-hydrogen) atoms. The van der Waals surface area contributed by atoms with Crippen molar-refractivity contribution in [2.75, 3.05) is 0 Å². The van der Waals surface area contributed by atoms with Gasteiger partial charge in [0.2, 0.25) is 0 Å². The third-order valence-corrected chi connectivity index (χ3v) is 10.7. The van der Waals surface area contributed by atoms with Gasteiger partial charge in [0, 0.05) is 39.9 Å². The van der Waals surface area contributed by atoms with Gasteiger partial charge < -0.3 is 4.57 Å². The Morgan fingerprint density at radius 1 is 0.404 bits per heavy atom. The number of pyridine rings is 2. The minimum Gasteiger partial charge on any atom is -0.308 e. The number of hydrogen-bond donors (Lipinski definition) is 0. The van der Waals surface area contributed by atoms with E-state index in [9.17, 15) is 0 Å². The molecule has 9 aromatic rings. The van der Waals surface area contributed by atoms with Gasteiger partial charge in [-0.2, -0.15) is 0 Å². The normalized spacial score (nSPS) is 12.0. The van der Waals surface area contributed by atoms with Crippen LogP contribution in [0.4, 0.5) is 0 Å². The highest BCUT2D eigenvalue weighted by molar-refractivity contribution is 6.11. The van der Waals surface area contributed by atoms with E-state index in [1.807, 2.05) is 36.4 Å². The highest BCUT2D eigenvalue weighted by Crippen LogP contribution is 2.45. The minimum atomic E-state index is -0.0108. The van der Waals surface area contributed by atoms with Gasteiger partial charge in [-0.3, -0.25) is 9.97 Å². The topological polar surface area (TPSA) is 69.4 Å². The Bertz CT molecular complexity index is 2700. The van der Waals surface area contributed by atoms with Gasteiger partial charge in [0.25, 0.3) is 0 Å². The Kier molecular flexibility index (Phi) is 8.85. The summed E-state index contributed by atoms with van der Waals surface area (Å²) in [7, 11) is 0. The Hall–Kier alpha value is -6.79. The van der Waals surface area contributed by atoms with Crippen LogP contribution in [0.5, 0.6) is 0 Å². The fourth-order valence-corrected chi connectivity index (χ4v) is 7.60. The molecule has 0 N–H and O–H groups in total. The van der Waals surface area contributed by atoms with E-state index in [2.05, 4.69) is 165 Å². The first kappa shape index (κ1) is 35.9. The molecule has 0 spiro atoms. The third kappa shape index (κ3) is 6.78. The molecule has 4 heterocycles. The van der Waals surface area contributed by atoms with E-state index in [0.717, 1.165) is 44.5 Å². The molecule has 9 rings (SSSR count). The predicted octanol–water partition coefficient (Wildman–Crippen LogP) is 12.7. The quantitative estimate of drug-likeness (QED) is 0.170. The van der Waals surface area contributed by atoms with Gasteiger partial charge in [0.05, 0.1) is 16.7 Å². The van der Waals surface area contributed by atoms with Crippen molar-refractivity contribution in [3.05, 3.63) is 169 Å². The van der Waals surface area contributed by atoms with Gasteiger partial charge >= 0.3 is 0 Å². The number of rotatable bonds is 6. The average molecular weight is 741 g/mol. The second-order valence-corrected chi connectivity index (χ2v) is 16.7. The Morgan fingerprint density at radius 3 is 1.23 bits per heavy atom. The summed E-state index contributed by atoms with van der Waals surface area (Å²) in [5.41, 5.74) is 12.5. The van der Waals surface area contributed by atoms with E-state index >= 15 is 0 Å². The third-order valence-electron chi connectivity index (χ3n) is 10.7. The van der Waals surface area contributed by atoms with Crippen molar-refractivity contribution < 1.29 is 0 Å². The van der Waals surface area contributed by atoms with Crippen LogP contribution in [-0.2, 0) is 10.8 Å². The second-order valence-electron chi connectivity index (χ2n) is 16.7. The summed E-state index contributed by atoms with van der Waals surface area (Å²) in [6.45, 7) is 13.7. The largest absolute Gasteiger partial charge is 0.308 e. The summed E-state index contributed by atoms with van der Waals surface area (Å²) in [6, 6.07) is 51.3. The first-order valence-corrected chi connectivity index (χ1v) is 19.5. The number of hydrogen-bond acceptors (Lipinski definition) is 5. The molecule has 5 aromatic carbocycles. The lowest BCUT2D eigenvalue weighted by Crippen LogP contribution is -2.10. The molecule has 0 fully saturated rings. The SMILES string of the molecule is CC(C)(C)c1ccc2c(c1)c1cc(C(C)(C)C)ccc1n2-c1c(-c2ccccc2)cc(-c2nc(-c3ccccn3)nc(-c3ccccn3)n2)cc1-c1ccccc1. The average Bonchev–Trinajstić information content (AvgIpc) is 3.56. The molecule has 4 aromatic heterocycles. The number of aromatic nitrogens is 6. The van der Waals surface area contributed by atoms with E-state index in [0.29, 0.717) is 28.9 Å². The van der Waals surface area contributed by atoms with Gasteiger partial charge in [-0.05, 0) is 93.7 Å². The van der Waals surface area contributed by atoms with Crippen LogP contribution in [-0.4, -0.2) is 29.5 Å². The molecule has 0 aliphatic rings. The molecule has 0 unspecified atom stereocenters. The van der Waals surface area contributed by atoms with Crippen LogP contribution in [0.15, 0.2) is 158 Å². The zero-order valence-electron chi connectivity index (χ0n) is 33.2. The van der Waals surface area contributed by atoms with Crippen molar-refractivity contribution >= 4 is 21.8 Å². The highest BCUT2D eigenvalue weighted by Gasteiger charge is 2.25. The summed E-state index contributed by atoms with van der Waals surface area (Å²) in [6.07, 6.45) is 3.52. The summed E-state index contributed by atoms with van der Waals surface area (Å²) < 4.78 is 2.48. The van der Waals surface area contributed by atoms with Gasteiger partial charge in [-0.15, -0.1) is 0 Å². The maximum absolute atomic E-state index is 5.11.